The summed E-state index contributed by atoms with van der Waals surface area (Å²) in [5, 5.41) is 0. The van der Waals surface area contributed by atoms with Gasteiger partial charge in [0, 0.05) is 18.3 Å². The van der Waals surface area contributed by atoms with Crippen LogP contribution >= 0.6 is 0 Å². The maximum Gasteiger partial charge on any atom is 0.297 e. The van der Waals surface area contributed by atoms with E-state index in [0.29, 0.717) is 6.42 Å². The molecule has 4 nitrogen and oxygen atoms in total. The van der Waals surface area contributed by atoms with E-state index in [2.05, 4.69) is 6.08 Å². The van der Waals surface area contributed by atoms with Gasteiger partial charge in [-0.2, -0.15) is 8.42 Å². The Bertz CT molecular complexity index is 1050. The van der Waals surface area contributed by atoms with Gasteiger partial charge < -0.3 is 0 Å². The third-order valence-electron chi connectivity index (χ3n) is 6.58. The second-order valence-electron chi connectivity index (χ2n) is 8.18. The lowest BCUT2D eigenvalue weighted by Gasteiger charge is -2.28. The summed E-state index contributed by atoms with van der Waals surface area (Å²) in [6.45, 7) is 1.92. The Hall–Kier alpha value is -2.24. The number of aryl methyl sites for hydroxylation is 1. The van der Waals surface area contributed by atoms with Crippen LogP contribution in [0.2, 0.25) is 0 Å². The molecule has 0 aromatic heterocycles. The fourth-order valence-electron chi connectivity index (χ4n) is 5.26. The van der Waals surface area contributed by atoms with E-state index in [-0.39, 0.29) is 34.4 Å². The van der Waals surface area contributed by atoms with Crippen molar-refractivity contribution in [2.45, 2.75) is 30.8 Å². The fourth-order valence-corrected chi connectivity index (χ4v) is 6.41. The van der Waals surface area contributed by atoms with Crippen molar-refractivity contribution in [2.24, 2.45) is 23.7 Å². The number of carbonyl (C=O) groups excluding carboxylic acids is 1. The zero-order valence-electron chi connectivity index (χ0n) is 15.6. The molecular weight excluding hydrogens is 372 g/mol. The van der Waals surface area contributed by atoms with Gasteiger partial charge in [-0.25, -0.2) is 0 Å². The standard InChI is InChI=1S/C23H22O4S/c1-14-7-9-16(10-8-14)28(25,26)27-23-20-12-18-19(22(24)13-21(18)23)11-17(20)15-5-3-2-4-6-15/h2-11,18-21,23H,12-13H2,1H3. The Kier molecular flexibility index (Phi) is 4.07. The first-order valence-electron chi connectivity index (χ1n) is 9.74. The monoisotopic (exact) mass is 394 g/mol. The van der Waals surface area contributed by atoms with E-state index in [9.17, 15) is 13.2 Å². The van der Waals surface area contributed by atoms with Gasteiger partial charge in [0.25, 0.3) is 10.1 Å². The molecule has 2 saturated carbocycles. The molecular formula is C23H22O4S. The molecule has 5 rings (SSSR count). The molecule has 0 N–H and O–H groups in total. The van der Waals surface area contributed by atoms with Crippen LogP contribution in [0.25, 0.3) is 5.57 Å². The average Bonchev–Trinajstić information content (AvgIpc) is 3.15. The van der Waals surface area contributed by atoms with Crippen LogP contribution in [0.1, 0.15) is 24.0 Å². The first kappa shape index (κ1) is 17.8. The van der Waals surface area contributed by atoms with Gasteiger partial charge in [0.1, 0.15) is 5.78 Å². The van der Waals surface area contributed by atoms with Crippen LogP contribution in [0.4, 0.5) is 0 Å². The number of carbonyl (C=O) groups is 1. The molecule has 28 heavy (non-hydrogen) atoms. The Balaban J connectivity index is 1.52. The van der Waals surface area contributed by atoms with Crippen LogP contribution < -0.4 is 0 Å². The lowest BCUT2D eigenvalue weighted by Crippen LogP contribution is -2.30. The van der Waals surface area contributed by atoms with E-state index in [0.717, 1.165) is 23.1 Å². The first-order chi connectivity index (χ1) is 13.4. The van der Waals surface area contributed by atoms with Gasteiger partial charge in [-0.1, -0.05) is 54.1 Å². The lowest BCUT2D eigenvalue weighted by molar-refractivity contribution is -0.120. The number of Topliss-reactive ketones (excluding diaryl/α,β-unsaturated/α-hetero) is 1. The van der Waals surface area contributed by atoms with Crippen LogP contribution in [-0.4, -0.2) is 20.3 Å². The molecule has 0 amide bonds. The minimum Gasteiger partial charge on any atom is -0.299 e. The summed E-state index contributed by atoms with van der Waals surface area (Å²) in [6.07, 6.45) is 2.83. The van der Waals surface area contributed by atoms with E-state index < -0.39 is 16.2 Å². The van der Waals surface area contributed by atoms with Crippen LogP contribution in [-0.2, 0) is 19.1 Å². The summed E-state index contributed by atoms with van der Waals surface area (Å²) in [4.78, 5) is 12.8. The van der Waals surface area contributed by atoms with Crippen molar-refractivity contribution in [1.29, 1.82) is 0 Å². The number of hydrogen-bond donors (Lipinski definition) is 0. The van der Waals surface area contributed by atoms with Crippen LogP contribution in [0, 0.1) is 30.6 Å². The molecule has 2 fully saturated rings. The number of ketones is 1. The highest BCUT2D eigenvalue weighted by Gasteiger charge is 2.58. The van der Waals surface area contributed by atoms with Gasteiger partial charge >= 0.3 is 0 Å². The summed E-state index contributed by atoms with van der Waals surface area (Å²) < 4.78 is 31.8. The summed E-state index contributed by atoms with van der Waals surface area (Å²) in [5.41, 5.74) is 3.10. The lowest BCUT2D eigenvalue weighted by atomic mass is 9.78. The van der Waals surface area contributed by atoms with E-state index in [1.807, 2.05) is 37.3 Å². The maximum atomic E-state index is 13.0. The number of hydrogen-bond acceptors (Lipinski definition) is 4. The number of rotatable bonds is 4. The Morgan fingerprint density at radius 2 is 1.68 bits per heavy atom. The predicted octanol–water partition coefficient (Wildman–Crippen LogP) is 4.01. The highest BCUT2D eigenvalue weighted by molar-refractivity contribution is 7.86. The molecule has 2 aromatic carbocycles. The van der Waals surface area contributed by atoms with E-state index >= 15 is 0 Å². The number of allylic oxidation sites excluding steroid dienone is 1. The number of fused-ring (bicyclic) bond motifs is 1. The molecule has 2 bridgehead atoms. The van der Waals surface area contributed by atoms with Crippen molar-refractivity contribution in [3.05, 3.63) is 71.8 Å². The van der Waals surface area contributed by atoms with Crippen molar-refractivity contribution in [2.75, 3.05) is 0 Å². The Morgan fingerprint density at radius 1 is 0.964 bits per heavy atom. The molecule has 0 heterocycles. The topological polar surface area (TPSA) is 60.4 Å². The normalized spacial score (nSPS) is 31.1. The second-order valence-corrected chi connectivity index (χ2v) is 9.75. The minimum atomic E-state index is -3.89. The molecule has 0 aliphatic heterocycles. The van der Waals surface area contributed by atoms with Crippen molar-refractivity contribution in [1.82, 2.24) is 0 Å². The molecule has 0 spiro atoms. The smallest absolute Gasteiger partial charge is 0.297 e. The highest BCUT2D eigenvalue weighted by Crippen LogP contribution is 2.58. The fraction of sp³-hybridized carbons (Fsp3) is 0.348. The second kappa shape index (κ2) is 6.39. The third-order valence-corrected chi connectivity index (χ3v) is 7.90. The van der Waals surface area contributed by atoms with Crippen LogP contribution in [0.15, 0.2) is 65.6 Å². The molecule has 144 valence electrons. The van der Waals surface area contributed by atoms with E-state index in [1.165, 1.54) is 0 Å². The average molecular weight is 394 g/mol. The zero-order valence-corrected chi connectivity index (χ0v) is 16.4. The van der Waals surface area contributed by atoms with Gasteiger partial charge in [-0.3, -0.25) is 8.98 Å². The van der Waals surface area contributed by atoms with Gasteiger partial charge in [-0.05, 0) is 48.4 Å². The molecule has 0 saturated heterocycles. The molecule has 5 heteroatoms. The summed E-state index contributed by atoms with van der Waals surface area (Å²) in [6, 6.07) is 16.7. The van der Waals surface area contributed by atoms with Crippen LogP contribution in [0.3, 0.4) is 0 Å². The molecule has 3 aliphatic rings. The highest BCUT2D eigenvalue weighted by atomic mass is 32.2. The zero-order chi connectivity index (χ0) is 19.5. The third kappa shape index (κ3) is 2.76. The van der Waals surface area contributed by atoms with Gasteiger partial charge in [0.2, 0.25) is 0 Å². The van der Waals surface area contributed by atoms with Crippen molar-refractivity contribution in [3.63, 3.8) is 0 Å². The first-order valence-corrected chi connectivity index (χ1v) is 11.1. The molecule has 5 atom stereocenters. The van der Waals surface area contributed by atoms with Crippen molar-refractivity contribution >= 4 is 21.5 Å². The van der Waals surface area contributed by atoms with Gasteiger partial charge in [-0.15, -0.1) is 0 Å². The molecule has 3 aliphatic carbocycles. The van der Waals surface area contributed by atoms with Crippen LogP contribution in [0.5, 0.6) is 0 Å². The quantitative estimate of drug-likeness (QED) is 0.735. The van der Waals surface area contributed by atoms with Gasteiger partial charge in [0.05, 0.1) is 11.0 Å². The molecule has 5 unspecified atom stereocenters. The molecule has 0 radical (unpaired) electrons. The largest absolute Gasteiger partial charge is 0.299 e. The van der Waals surface area contributed by atoms with Crippen molar-refractivity contribution < 1.29 is 17.4 Å². The summed E-state index contributed by atoms with van der Waals surface area (Å²) in [5.74, 6) is 0.278. The number of benzene rings is 2. The molecule has 2 aromatic rings. The van der Waals surface area contributed by atoms with E-state index in [1.54, 1.807) is 24.3 Å². The summed E-state index contributed by atoms with van der Waals surface area (Å²) >= 11 is 0. The van der Waals surface area contributed by atoms with Crippen molar-refractivity contribution in [3.8, 4) is 0 Å². The summed E-state index contributed by atoms with van der Waals surface area (Å²) in [7, 11) is -3.89. The Labute approximate surface area is 165 Å². The van der Waals surface area contributed by atoms with E-state index in [4.69, 9.17) is 4.18 Å². The Morgan fingerprint density at radius 3 is 2.39 bits per heavy atom. The SMILES string of the molecule is Cc1ccc(S(=O)(=O)OC2C3CC4C(C=C3c3ccccc3)C(=O)CC42)cc1. The maximum absolute atomic E-state index is 13.0. The van der Waals surface area contributed by atoms with Gasteiger partial charge in [0.15, 0.2) is 0 Å². The minimum absolute atomic E-state index is 0.00183. The predicted molar refractivity (Wildman–Crippen MR) is 106 cm³/mol.